The SMILES string of the molecule is Cc1cccnc1OC1CCN(C(C)C(=O)NCCC(C)C)CC1. The molecule has 1 unspecified atom stereocenters. The molecule has 1 fully saturated rings. The van der Waals surface area contributed by atoms with E-state index in [1.807, 2.05) is 26.0 Å². The number of nitrogens with one attached hydrogen (secondary N) is 1. The Morgan fingerprint density at radius 1 is 1.38 bits per heavy atom. The maximum absolute atomic E-state index is 12.2. The lowest BCUT2D eigenvalue weighted by Gasteiger charge is -2.35. The largest absolute Gasteiger partial charge is 0.474 e. The lowest BCUT2D eigenvalue weighted by Crippen LogP contribution is -2.49. The topological polar surface area (TPSA) is 54.5 Å². The molecular weight excluding hydrogens is 302 g/mol. The Labute approximate surface area is 145 Å². The molecule has 1 aromatic heterocycles. The first-order valence-corrected chi connectivity index (χ1v) is 9.07. The minimum atomic E-state index is -0.0744. The average molecular weight is 333 g/mol. The Hall–Kier alpha value is -1.62. The number of rotatable bonds is 7. The molecule has 5 nitrogen and oxygen atoms in total. The standard InChI is InChI=1S/C19H31N3O2/c1-14(2)7-11-20-18(23)16(4)22-12-8-17(9-13-22)24-19-15(3)6-5-10-21-19/h5-6,10,14,16-17H,7-9,11-13H2,1-4H3,(H,20,23). The third kappa shape index (κ3) is 5.48. The molecule has 1 N–H and O–H groups in total. The first-order valence-electron chi connectivity index (χ1n) is 9.07. The molecule has 1 atom stereocenters. The molecule has 134 valence electrons. The maximum atomic E-state index is 12.2. The molecule has 2 rings (SSSR count). The molecule has 24 heavy (non-hydrogen) atoms. The summed E-state index contributed by atoms with van der Waals surface area (Å²) in [7, 11) is 0. The Kier molecular flexibility index (Phi) is 7.03. The van der Waals surface area contributed by atoms with Gasteiger partial charge in [-0.2, -0.15) is 0 Å². The Balaban J connectivity index is 1.75. The van der Waals surface area contributed by atoms with Crippen LogP contribution in [0.1, 0.15) is 45.6 Å². The summed E-state index contributed by atoms with van der Waals surface area (Å²) in [5, 5.41) is 3.05. The van der Waals surface area contributed by atoms with E-state index >= 15 is 0 Å². The van der Waals surface area contributed by atoms with Crippen molar-refractivity contribution in [2.75, 3.05) is 19.6 Å². The maximum Gasteiger partial charge on any atom is 0.237 e. The van der Waals surface area contributed by atoms with Crippen molar-refractivity contribution in [3.63, 3.8) is 0 Å². The van der Waals surface area contributed by atoms with Gasteiger partial charge in [-0.3, -0.25) is 9.69 Å². The fourth-order valence-corrected chi connectivity index (χ4v) is 2.93. The molecule has 0 aliphatic carbocycles. The number of carbonyl (C=O) groups is 1. The third-order valence-electron chi connectivity index (χ3n) is 4.66. The highest BCUT2D eigenvalue weighted by Gasteiger charge is 2.27. The van der Waals surface area contributed by atoms with Crippen LogP contribution in [0.4, 0.5) is 0 Å². The van der Waals surface area contributed by atoms with E-state index in [-0.39, 0.29) is 18.1 Å². The first kappa shape index (κ1) is 18.7. The number of hydrogen-bond acceptors (Lipinski definition) is 4. The molecule has 1 aliphatic rings. The zero-order valence-corrected chi connectivity index (χ0v) is 15.4. The molecule has 1 aliphatic heterocycles. The summed E-state index contributed by atoms with van der Waals surface area (Å²) in [6, 6.07) is 3.86. The summed E-state index contributed by atoms with van der Waals surface area (Å²) < 4.78 is 6.03. The number of likely N-dealkylation sites (tertiary alicyclic amines) is 1. The highest BCUT2D eigenvalue weighted by molar-refractivity contribution is 5.81. The van der Waals surface area contributed by atoms with Gasteiger partial charge in [-0.1, -0.05) is 19.9 Å². The number of aryl methyl sites for hydroxylation is 1. The number of aromatic nitrogens is 1. The molecule has 1 aromatic rings. The molecule has 0 saturated carbocycles. The average Bonchev–Trinajstić information content (AvgIpc) is 2.56. The Morgan fingerprint density at radius 2 is 2.08 bits per heavy atom. The molecule has 1 amide bonds. The van der Waals surface area contributed by atoms with E-state index in [9.17, 15) is 4.79 Å². The van der Waals surface area contributed by atoms with Crippen LogP contribution in [-0.4, -0.2) is 47.6 Å². The second kappa shape index (κ2) is 9.02. The molecule has 0 bridgehead atoms. The van der Waals surface area contributed by atoms with Gasteiger partial charge in [-0.05, 0) is 45.1 Å². The lowest BCUT2D eigenvalue weighted by atomic mass is 10.1. The lowest BCUT2D eigenvalue weighted by molar-refractivity contribution is -0.126. The van der Waals surface area contributed by atoms with Crippen molar-refractivity contribution in [1.82, 2.24) is 15.2 Å². The van der Waals surface area contributed by atoms with Crippen LogP contribution in [0.15, 0.2) is 18.3 Å². The molecule has 1 saturated heterocycles. The van der Waals surface area contributed by atoms with Crippen molar-refractivity contribution in [2.45, 2.75) is 59.1 Å². The van der Waals surface area contributed by atoms with Gasteiger partial charge in [0.05, 0.1) is 6.04 Å². The molecule has 2 heterocycles. The van der Waals surface area contributed by atoms with Gasteiger partial charge in [0.2, 0.25) is 11.8 Å². The fraction of sp³-hybridized carbons (Fsp3) is 0.684. The minimum absolute atomic E-state index is 0.0744. The quantitative estimate of drug-likeness (QED) is 0.834. The van der Waals surface area contributed by atoms with Crippen LogP contribution in [0.5, 0.6) is 5.88 Å². The van der Waals surface area contributed by atoms with Gasteiger partial charge >= 0.3 is 0 Å². The number of nitrogens with zero attached hydrogens (tertiary/aromatic N) is 2. The summed E-state index contributed by atoms with van der Waals surface area (Å²) in [4.78, 5) is 18.8. The first-order chi connectivity index (χ1) is 11.5. The Bertz CT molecular complexity index is 525. The van der Waals surface area contributed by atoms with E-state index < -0.39 is 0 Å². The number of amides is 1. The van der Waals surface area contributed by atoms with Gasteiger partial charge in [0.15, 0.2) is 0 Å². The van der Waals surface area contributed by atoms with Gasteiger partial charge < -0.3 is 10.1 Å². The molecular formula is C19H31N3O2. The predicted molar refractivity (Wildman–Crippen MR) is 96.1 cm³/mol. The highest BCUT2D eigenvalue weighted by atomic mass is 16.5. The van der Waals surface area contributed by atoms with E-state index in [0.29, 0.717) is 5.92 Å². The van der Waals surface area contributed by atoms with Crippen LogP contribution in [0.2, 0.25) is 0 Å². The van der Waals surface area contributed by atoms with Crippen LogP contribution in [0, 0.1) is 12.8 Å². The van der Waals surface area contributed by atoms with Crippen LogP contribution >= 0.6 is 0 Å². The van der Waals surface area contributed by atoms with E-state index in [4.69, 9.17) is 4.74 Å². The number of carbonyl (C=O) groups excluding carboxylic acids is 1. The van der Waals surface area contributed by atoms with Crippen LogP contribution in [0.3, 0.4) is 0 Å². The summed E-state index contributed by atoms with van der Waals surface area (Å²) in [5.41, 5.74) is 1.07. The van der Waals surface area contributed by atoms with Crippen molar-refractivity contribution >= 4 is 5.91 Å². The molecule has 0 spiro atoms. The van der Waals surface area contributed by atoms with Crippen molar-refractivity contribution in [3.8, 4) is 5.88 Å². The van der Waals surface area contributed by atoms with Crippen molar-refractivity contribution < 1.29 is 9.53 Å². The normalized spacial score (nSPS) is 17.7. The predicted octanol–water partition coefficient (Wildman–Crippen LogP) is 2.78. The fourth-order valence-electron chi connectivity index (χ4n) is 2.93. The second-order valence-electron chi connectivity index (χ2n) is 7.13. The van der Waals surface area contributed by atoms with E-state index in [0.717, 1.165) is 50.3 Å². The summed E-state index contributed by atoms with van der Waals surface area (Å²) >= 11 is 0. The van der Waals surface area contributed by atoms with E-state index in [2.05, 4.69) is 29.0 Å². The van der Waals surface area contributed by atoms with Gasteiger partial charge in [0.1, 0.15) is 6.10 Å². The van der Waals surface area contributed by atoms with Crippen molar-refractivity contribution in [1.29, 1.82) is 0 Å². The number of piperidine rings is 1. The third-order valence-corrected chi connectivity index (χ3v) is 4.66. The van der Waals surface area contributed by atoms with Crippen molar-refractivity contribution in [2.24, 2.45) is 5.92 Å². The van der Waals surface area contributed by atoms with Crippen LogP contribution < -0.4 is 10.1 Å². The number of ether oxygens (including phenoxy) is 1. The zero-order chi connectivity index (χ0) is 17.5. The summed E-state index contributed by atoms with van der Waals surface area (Å²) in [6.45, 7) is 10.9. The zero-order valence-electron chi connectivity index (χ0n) is 15.4. The molecule has 0 aromatic carbocycles. The minimum Gasteiger partial charge on any atom is -0.474 e. The number of pyridine rings is 1. The summed E-state index contributed by atoms with van der Waals surface area (Å²) in [6.07, 6.45) is 4.84. The van der Waals surface area contributed by atoms with E-state index in [1.165, 1.54) is 0 Å². The highest BCUT2D eigenvalue weighted by Crippen LogP contribution is 2.21. The Morgan fingerprint density at radius 3 is 2.71 bits per heavy atom. The van der Waals surface area contributed by atoms with E-state index in [1.54, 1.807) is 6.20 Å². The van der Waals surface area contributed by atoms with Crippen LogP contribution in [0.25, 0.3) is 0 Å². The molecule has 0 radical (unpaired) electrons. The van der Waals surface area contributed by atoms with Gasteiger partial charge in [0.25, 0.3) is 0 Å². The van der Waals surface area contributed by atoms with Gasteiger partial charge in [0, 0.05) is 31.4 Å². The second-order valence-corrected chi connectivity index (χ2v) is 7.13. The van der Waals surface area contributed by atoms with Gasteiger partial charge in [-0.15, -0.1) is 0 Å². The van der Waals surface area contributed by atoms with Crippen LogP contribution in [-0.2, 0) is 4.79 Å². The number of hydrogen-bond donors (Lipinski definition) is 1. The monoisotopic (exact) mass is 333 g/mol. The van der Waals surface area contributed by atoms with Crippen molar-refractivity contribution in [3.05, 3.63) is 23.9 Å². The molecule has 5 heteroatoms. The smallest absolute Gasteiger partial charge is 0.237 e. The van der Waals surface area contributed by atoms with Gasteiger partial charge in [-0.25, -0.2) is 4.98 Å². The summed E-state index contributed by atoms with van der Waals surface area (Å²) in [5.74, 6) is 1.48.